The molecule has 0 radical (unpaired) electrons. The van der Waals surface area contributed by atoms with Crippen molar-refractivity contribution in [2.24, 2.45) is 5.92 Å². The van der Waals surface area contributed by atoms with Gasteiger partial charge >= 0.3 is 0 Å². The fourth-order valence-corrected chi connectivity index (χ4v) is 2.97. The van der Waals surface area contributed by atoms with Gasteiger partial charge < -0.3 is 10.1 Å². The molecule has 1 N–H and O–H groups in total. The summed E-state index contributed by atoms with van der Waals surface area (Å²) in [4.78, 5) is 4.30. The molecule has 2 atom stereocenters. The Hall–Kier alpha value is -1.09. The standard InChI is InChI=1S/C15H24N2O/c1-3-16-9-12-6-4-5-7-15(12)13-8-14(18-2)11-17-10-13/h8,10-12,15-16H,3-7,9H2,1-2H3. The van der Waals surface area contributed by atoms with Crippen LogP contribution in [-0.4, -0.2) is 25.2 Å². The average molecular weight is 248 g/mol. The summed E-state index contributed by atoms with van der Waals surface area (Å²) in [5.74, 6) is 2.26. The van der Waals surface area contributed by atoms with Gasteiger partial charge in [-0.25, -0.2) is 0 Å². The van der Waals surface area contributed by atoms with Gasteiger partial charge in [0.2, 0.25) is 0 Å². The minimum atomic E-state index is 0.639. The van der Waals surface area contributed by atoms with Crippen LogP contribution in [0.1, 0.15) is 44.1 Å². The van der Waals surface area contributed by atoms with Crippen LogP contribution in [-0.2, 0) is 0 Å². The second kappa shape index (κ2) is 6.74. The molecule has 2 unspecified atom stereocenters. The number of rotatable bonds is 5. The van der Waals surface area contributed by atoms with Gasteiger partial charge in [0.25, 0.3) is 0 Å². The Morgan fingerprint density at radius 3 is 2.94 bits per heavy atom. The van der Waals surface area contributed by atoms with Crippen molar-refractivity contribution in [2.75, 3.05) is 20.2 Å². The molecule has 1 aromatic rings. The van der Waals surface area contributed by atoms with E-state index in [-0.39, 0.29) is 0 Å². The van der Waals surface area contributed by atoms with Gasteiger partial charge in [0.05, 0.1) is 13.3 Å². The summed E-state index contributed by atoms with van der Waals surface area (Å²) in [7, 11) is 1.71. The van der Waals surface area contributed by atoms with Gasteiger partial charge in [0, 0.05) is 6.20 Å². The number of nitrogens with zero attached hydrogens (tertiary/aromatic N) is 1. The first-order chi connectivity index (χ1) is 8.85. The molecule has 1 saturated carbocycles. The van der Waals surface area contributed by atoms with Crippen molar-refractivity contribution in [3.63, 3.8) is 0 Å². The Kier molecular flexibility index (Phi) is 5.00. The summed E-state index contributed by atoms with van der Waals surface area (Å²) in [6.07, 6.45) is 9.11. The molecule has 2 rings (SSSR count). The monoisotopic (exact) mass is 248 g/mol. The second-order valence-electron chi connectivity index (χ2n) is 5.12. The third-order valence-corrected chi connectivity index (χ3v) is 3.96. The van der Waals surface area contributed by atoms with E-state index in [1.165, 1.54) is 31.2 Å². The summed E-state index contributed by atoms with van der Waals surface area (Å²) in [5, 5.41) is 3.49. The highest BCUT2D eigenvalue weighted by atomic mass is 16.5. The Labute approximate surface area is 110 Å². The van der Waals surface area contributed by atoms with E-state index in [4.69, 9.17) is 4.74 Å². The van der Waals surface area contributed by atoms with Crippen LogP contribution in [0, 0.1) is 5.92 Å². The predicted molar refractivity (Wildman–Crippen MR) is 74.0 cm³/mol. The molecule has 1 aromatic heterocycles. The van der Waals surface area contributed by atoms with Crippen molar-refractivity contribution >= 4 is 0 Å². The van der Waals surface area contributed by atoms with Gasteiger partial charge in [-0.3, -0.25) is 4.98 Å². The van der Waals surface area contributed by atoms with E-state index >= 15 is 0 Å². The predicted octanol–water partition coefficient (Wildman–Crippen LogP) is 2.97. The smallest absolute Gasteiger partial charge is 0.137 e. The summed E-state index contributed by atoms with van der Waals surface area (Å²) in [5.41, 5.74) is 1.34. The Balaban J connectivity index is 2.11. The molecule has 1 aliphatic carbocycles. The number of methoxy groups -OCH3 is 1. The zero-order chi connectivity index (χ0) is 12.8. The highest BCUT2D eigenvalue weighted by molar-refractivity contribution is 5.27. The molecule has 18 heavy (non-hydrogen) atoms. The maximum Gasteiger partial charge on any atom is 0.137 e. The van der Waals surface area contributed by atoms with Crippen molar-refractivity contribution in [1.29, 1.82) is 0 Å². The van der Waals surface area contributed by atoms with E-state index in [9.17, 15) is 0 Å². The van der Waals surface area contributed by atoms with E-state index in [1.807, 2.05) is 6.20 Å². The second-order valence-corrected chi connectivity index (χ2v) is 5.12. The lowest BCUT2D eigenvalue weighted by Gasteiger charge is -2.32. The lowest BCUT2D eigenvalue weighted by molar-refractivity contribution is 0.296. The molecular formula is C15H24N2O. The van der Waals surface area contributed by atoms with Gasteiger partial charge in [-0.1, -0.05) is 19.8 Å². The largest absolute Gasteiger partial charge is 0.495 e. The molecule has 1 heterocycles. The van der Waals surface area contributed by atoms with E-state index in [0.29, 0.717) is 5.92 Å². The quantitative estimate of drug-likeness (QED) is 0.870. The van der Waals surface area contributed by atoms with E-state index in [2.05, 4.69) is 23.3 Å². The van der Waals surface area contributed by atoms with Crippen molar-refractivity contribution in [3.05, 3.63) is 24.0 Å². The third kappa shape index (κ3) is 3.22. The molecule has 0 amide bonds. The van der Waals surface area contributed by atoms with E-state index in [0.717, 1.165) is 24.8 Å². The summed E-state index contributed by atoms with van der Waals surface area (Å²) < 4.78 is 5.28. The molecule has 3 heteroatoms. The van der Waals surface area contributed by atoms with Crippen LogP contribution in [0.15, 0.2) is 18.5 Å². The molecule has 3 nitrogen and oxygen atoms in total. The Morgan fingerprint density at radius 1 is 1.33 bits per heavy atom. The van der Waals surface area contributed by atoms with Crippen LogP contribution in [0.4, 0.5) is 0 Å². The van der Waals surface area contributed by atoms with Crippen LogP contribution in [0.3, 0.4) is 0 Å². The first-order valence-corrected chi connectivity index (χ1v) is 7.04. The number of hydrogen-bond donors (Lipinski definition) is 1. The SMILES string of the molecule is CCNCC1CCCCC1c1cncc(OC)c1. The van der Waals surface area contributed by atoms with Gasteiger partial charge in [-0.15, -0.1) is 0 Å². The maximum atomic E-state index is 5.28. The van der Waals surface area contributed by atoms with Crippen LogP contribution in [0.25, 0.3) is 0 Å². The van der Waals surface area contributed by atoms with E-state index in [1.54, 1.807) is 13.3 Å². The van der Waals surface area contributed by atoms with Crippen LogP contribution in [0.5, 0.6) is 5.75 Å². The molecule has 0 aliphatic heterocycles. The Bertz CT molecular complexity index is 367. The van der Waals surface area contributed by atoms with Crippen LogP contribution in [0.2, 0.25) is 0 Å². The normalized spacial score (nSPS) is 23.9. The van der Waals surface area contributed by atoms with Crippen molar-refractivity contribution in [2.45, 2.75) is 38.5 Å². The molecule has 0 aromatic carbocycles. The molecule has 100 valence electrons. The molecular weight excluding hydrogens is 224 g/mol. The fourth-order valence-electron chi connectivity index (χ4n) is 2.97. The highest BCUT2D eigenvalue weighted by Gasteiger charge is 2.26. The molecule has 0 saturated heterocycles. The lowest BCUT2D eigenvalue weighted by atomic mass is 9.76. The van der Waals surface area contributed by atoms with Crippen LogP contribution >= 0.6 is 0 Å². The maximum absolute atomic E-state index is 5.28. The molecule has 0 spiro atoms. The van der Waals surface area contributed by atoms with Crippen molar-refractivity contribution in [3.8, 4) is 5.75 Å². The first-order valence-electron chi connectivity index (χ1n) is 7.04. The van der Waals surface area contributed by atoms with Crippen LogP contribution < -0.4 is 10.1 Å². The van der Waals surface area contributed by atoms with Gasteiger partial charge in [0.1, 0.15) is 5.75 Å². The molecule has 1 fully saturated rings. The number of ether oxygens (including phenoxy) is 1. The number of pyridine rings is 1. The highest BCUT2D eigenvalue weighted by Crippen LogP contribution is 2.37. The number of nitrogens with one attached hydrogen (secondary N) is 1. The number of aromatic nitrogens is 1. The Morgan fingerprint density at radius 2 is 2.17 bits per heavy atom. The zero-order valence-corrected chi connectivity index (χ0v) is 11.5. The minimum absolute atomic E-state index is 0.639. The zero-order valence-electron chi connectivity index (χ0n) is 11.5. The average Bonchev–Trinajstić information content (AvgIpc) is 2.45. The molecule has 0 bridgehead atoms. The third-order valence-electron chi connectivity index (χ3n) is 3.96. The van der Waals surface area contributed by atoms with Gasteiger partial charge in [0.15, 0.2) is 0 Å². The summed E-state index contributed by atoms with van der Waals surface area (Å²) in [6.45, 7) is 4.35. The van der Waals surface area contributed by atoms with Crippen molar-refractivity contribution < 1.29 is 4.74 Å². The minimum Gasteiger partial charge on any atom is -0.495 e. The lowest BCUT2D eigenvalue weighted by Crippen LogP contribution is -2.29. The summed E-state index contributed by atoms with van der Waals surface area (Å²) >= 11 is 0. The first kappa shape index (κ1) is 13.3. The van der Waals surface area contributed by atoms with Crippen molar-refractivity contribution in [1.82, 2.24) is 10.3 Å². The van der Waals surface area contributed by atoms with Gasteiger partial charge in [-0.2, -0.15) is 0 Å². The fraction of sp³-hybridized carbons (Fsp3) is 0.667. The summed E-state index contributed by atoms with van der Waals surface area (Å²) in [6, 6.07) is 2.15. The molecule has 1 aliphatic rings. The number of hydrogen-bond acceptors (Lipinski definition) is 3. The van der Waals surface area contributed by atoms with Gasteiger partial charge in [-0.05, 0) is 49.4 Å². The topological polar surface area (TPSA) is 34.2 Å². The van der Waals surface area contributed by atoms with E-state index < -0.39 is 0 Å².